The van der Waals surface area contributed by atoms with Gasteiger partial charge in [0, 0.05) is 16.3 Å². The van der Waals surface area contributed by atoms with Crippen LogP contribution in [0.25, 0.3) is 0 Å². The number of rotatable bonds is 3. The van der Waals surface area contributed by atoms with Gasteiger partial charge in [0.15, 0.2) is 0 Å². The Morgan fingerprint density at radius 3 is 2.67 bits per heavy atom. The predicted molar refractivity (Wildman–Crippen MR) is 86.2 cm³/mol. The Morgan fingerprint density at radius 1 is 1.19 bits per heavy atom. The fraction of sp³-hybridized carbons (Fsp3) is 0.118. The van der Waals surface area contributed by atoms with Crippen LogP contribution < -0.4 is 11.1 Å². The summed E-state index contributed by atoms with van der Waals surface area (Å²) in [4.78, 5) is 12.0. The number of carbonyl (C=O) groups excluding carboxylic acids is 1. The van der Waals surface area contributed by atoms with Crippen LogP contribution in [0.15, 0.2) is 48.5 Å². The summed E-state index contributed by atoms with van der Waals surface area (Å²) < 4.78 is 0. The standard InChI is InChI=1S/C17H15ClN2O/c18-15-8-6-14(7-9-15)12-17(21)20-16-5-1-3-13(11-16)4-2-10-19/h1,3,5-9,11H,10,12,19H2,(H,20,21). The van der Waals surface area contributed by atoms with Crippen LogP contribution >= 0.6 is 11.6 Å². The largest absolute Gasteiger partial charge is 0.326 e. The molecular formula is C17H15ClN2O. The number of carbonyl (C=O) groups is 1. The van der Waals surface area contributed by atoms with Crippen LogP contribution in [0, 0.1) is 11.8 Å². The van der Waals surface area contributed by atoms with Crippen LogP contribution in [0.4, 0.5) is 5.69 Å². The lowest BCUT2D eigenvalue weighted by molar-refractivity contribution is -0.115. The summed E-state index contributed by atoms with van der Waals surface area (Å²) in [7, 11) is 0. The molecule has 0 heterocycles. The maximum absolute atomic E-state index is 12.0. The Labute approximate surface area is 129 Å². The van der Waals surface area contributed by atoms with E-state index in [0.29, 0.717) is 18.0 Å². The van der Waals surface area contributed by atoms with Crippen molar-refractivity contribution in [2.75, 3.05) is 11.9 Å². The average Bonchev–Trinajstić information content (AvgIpc) is 2.48. The molecule has 0 aromatic heterocycles. The number of hydrogen-bond acceptors (Lipinski definition) is 2. The van der Waals surface area contributed by atoms with E-state index in [4.69, 9.17) is 17.3 Å². The second kappa shape index (κ2) is 7.49. The van der Waals surface area contributed by atoms with E-state index in [9.17, 15) is 4.79 Å². The van der Waals surface area contributed by atoms with Crippen molar-refractivity contribution in [3.63, 3.8) is 0 Å². The molecule has 0 unspecified atom stereocenters. The molecule has 0 spiro atoms. The molecule has 0 atom stereocenters. The lowest BCUT2D eigenvalue weighted by Gasteiger charge is -2.06. The molecule has 3 nitrogen and oxygen atoms in total. The van der Waals surface area contributed by atoms with E-state index >= 15 is 0 Å². The van der Waals surface area contributed by atoms with Crippen molar-refractivity contribution in [1.29, 1.82) is 0 Å². The van der Waals surface area contributed by atoms with Crippen LogP contribution in [0.1, 0.15) is 11.1 Å². The van der Waals surface area contributed by atoms with Gasteiger partial charge in [-0.2, -0.15) is 0 Å². The Morgan fingerprint density at radius 2 is 1.95 bits per heavy atom. The van der Waals surface area contributed by atoms with Gasteiger partial charge in [0.1, 0.15) is 0 Å². The Hall–Kier alpha value is -2.28. The van der Waals surface area contributed by atoms with Crippen molar-refractivity contribution < 1.29 is 4.79 Å². The molecule has 0 aliphatic rings. The highest BCUT2D eigenvalue weighted by atomic mass is 35.5. The first-order valence-electron chi connectivity index (χ1n) is 6.50. The highest BCUT2D eigenvalue weighted by molar-refractivity contribution is 6.30. The Kier molecular flexibility index (Phi) is 5.39. The van der Waals surface area contributed by atoms with Crippen LogP contribution in [0.5, 0.6) is 0 Å². The zero-order chi connectivity index (χ0) is 15.1. The van der Waals surface area contributed by atoms with Gasteiger partial charge in [-0.3, -0.25) is 4.79 Å². The summed E-state index contributed by atoms with van der Waals surface area (Å²) in [6.07, 6.45) is 0.301. The molecule has 0 aliphatic carbocycles. The zero-order valence-corrected chi connectivity index (χ0v) is 12.2. The molecule has 0 saturated carbocycles. The predicted octanol–water partition coefficient (Wildman–Crippen LogP) is 2.83. The number of nitrogens with two attached hydrogens (primary N) is 1. The third-order valence-corrected chi connectivity index (χ3v) is 3.01. The Balaban J connectivity index is 2.00. The van der Waals surface area contributed by atoms with Crippen molar-refractivity contribution in [3.8, 4) is 11.8 Å². The minimum Gasteiger partial charge on any atom is -0.326 e. The minimum atomic E-state index is -0.0822. The molecule has 21 heavy (non-hydrogen) atoms. The molecule has 0 radical (unpaired) electrons. The topological polar surface area (TPSA) is 55.1 Å². The fourth-order valence-corrected chi connectivity index (χ4v) is 1.95. The number of hydrogen-bond donors (Lipinski definition) is 2. The summed E-state index contributed by atoms with van der Waals surface area (Å²) >= 11 is 5.81. The van der Waals surface area contributed by atoms with Gasteiger partial charge in [0.25, 0.3) is 0 Å². The van der Waals surface area contributed by atoms with E-state index < -0.39 is 0 Å². The van der Waals surface area contributed by atoms with Crippen molar-refractivity contribution in [2.24, 2.45) is 5.73 Å². The first-order chi connectivity index (χ1) is 10.2. The molecule has 2 rings (SSSR count). The van der Waals surface area contributed by atoms with E-state index in [1.54, 1.807) is 12.1 Å². The molecule has 0 fully saturated rings. The van der Waals surface area contributed by atoms with Gasteiger partial charge < -0.3 is 11.1 Å². The van der Waals surface area contributed by atoms with Gasteiger partial charge in [-0.1, -0.05) is 41.6 Å². The van der Waals surface area contributed by atoms with E-state index in [0.717, 1.165) is 16.8 Å². The average molecular weight is 299 g/mol. The molecule has 106 valence electrons. The highest BCUT2D eigenvalue weighted by Gasteiger charge is 2.04. The monoisotopic (exact) mass is 298 g/mol. The molecule has 0 aliphatic heterocycles. The van der Waals surface area contributed by atoms with Crippen molar-refractivity contribution in [2.45, 2.75) is 6.42 Å². The lowest BCUT2D eigenvalue weighted by Crippen LogP contribution is -2.14. The number of anilines is 1. The number of benzene rings is 2. The Bertz CT molecular complexity index is 684. The van der Waals surface area contributed by atoms with Crippen LogP contribution in [-0.4, -0.2) is 12.5 Å². The molecule has 0 bridgehead atoms. The minimum absolute atomic E-state index is 0.0822. The van der Waals surface area contributed by atoms with Gasteiger partial charge in [0.2, 0.25) is 5.91 Å². The maximum atomic E-state index is 12.0. The number of amides is 1. The van der Waals surface area contributed by atoms with E-state index in [1.165, 1.54) is 0 Å². The van der Waals surface area contributed by atoms with Gasteiger partial charge in [0.05, 0.1) is 13.0 Å². The first-order valence-corrected chi connectivity index (χ1v) is 6.88. The van der Waals surface area contributed by atoms with E-state index in [2.05, 4.69) is 17.2 Å². The summed E-state index contributed by atoms with van der Waals surface area (Å²) in [5.74, 6) is 5.63. The van der Waals surface area contributed by atoms with Crippen molar-refractivity contribution >= 4 is 23.2 Å². The zero-order valence-electron chi connectivity index (χ0n) is 11.4. The lowest BCUT2D eigenvalue weighted by atomic mass is 10.1. The van der Waals surface area contributed by atoms with Gasteiger partial charge in [-0.05, 0) is 35.9 Å². The van der Waals surface area contributed by atoms with Crippen LogP contribution in [0.3, 0.4) is 0 Å². The summed E-state index contributed by atoms with van der Waals surface area (Å²) in [5.41, 5.74) is 7.80. The fourth-order valence-electron chi connectivity index (χ4n) is 1.82. The molecule has 0 saturated heterocycles. The van der Waals surface area contributed by atoms with E-state index in [-0.39, 0.29) is 5.91 Å². The molecule has 2 aromatic carbocycles. The molecule has 3 N–H and O–H groups in total. The molecule has 1 amide bonds. The summed E-state index contributed by atoms with van der Waals surface area (Å²) in [6, 6.07) is 14.6. The SMILES string of the molecule is NCC#Cc1cccc(NC(=O)Cc2ccc(Cl)cc2)c1. The third-order valence-electron chi connectivity index (χ3n) is 2.76. The van der Waals surface area contributed by atoms with E-state index in [1.807, 2.05) is 36.4 Å². The first kappa shape index (κ1) is 15.1. The van der Waals surface area contributed by atoms with Gasteiger partial charge in [-0.15, -0.1) is 0 Å². The van der Waals surface area contributed by atoms with Crippen molar-refractivity contribution in [3.05, 3.63) is 64.7 Å². The third kappa shape index (κ3) is 4.96. The second-order valence-corrected chi connectivity index (χ2v) is 4.87. The summed E-state index contributed by atoms with van der Waals surface area (Å²) in [5, 5.41) is 3.51. The number of nitrogens with one attached hydrogen (secondary N) is 1. The molecule has 4 heteroatoms. The summed E-state index contributed by atoms with van der Waals surface area (Å²) in [6.45, 7) is 0.313. The second-order valence-electron chi connectivity index (χ2n) is 4.44. The van der Waals surface area contributed by atoms with Crippen molar-refractivity contribution in [1.82, 2.24) is 0 Å². The highest BCUT2D eigenvalue weighted by Crippen LogP contribution is 2.12. The van der Waals surface area contributed by atoms with Gasteiger partial charge >= 0.3 is 0 Å². The quantitative estimate of drug-likeness (QED) is 0.856. The molecular weight excluding hydrogens is 284 g/mol. The van der Waals surface area contributed by atoms with Crippen LogP contribution in [0.2, 0.25) is 5.02 Å². The smallest absolute Gasteiger partial charge is 0.228 e. The number of halogens is 1. The molecule has 2 aromatic rings. The maximum Gasteiger partial charge on any atom is 0.228 e. The normalized spacial score (nSPS) is 9.62. The van der Waals surface area contributed by atoms with Gasteiger partial charge in [-0.25, -0.2) is 0 Å². The van der Waals surface area contributed by atoms with Crippen LogP contribution in [-0.2, 0) is 11.2 Å².